The third kappa shape index (κ3) is 3.12. The van der Waals surface area contributed by atoms with E-state index < -0.39 is 10.0 Å². The minimum Gasteiger partial charge on any atom is -0.350 e. The summed E-state index contributed by atoms with van der Waals surface area (Å²) in [5, 5.41) is 4.91. The molecule has 0 spiro atoms. The van der Waals surface area contributed by atoms with Gasteiger partial charge in [-0.05, 0) is 24.3 Å². The first-order valence-corrected chi connectivity index (χ1v) is 12.8. The van der Waals surface area contributed by atoms with E-state index in [-0.39, 0.29) is 4.90 Å². The van der Waals surface area contributed by atoms with Gasteiger partial charge in [0.25, 0.3) is 10.0 Å². The molecular weight excluding hydrogens is 450 g/mol. The summed E-state index contributed by atoms with van der Waals surface area (Å²) in [7, 11) is -1.70. The summed E-state index contributed by atoms with van der Waals surface area (Å²) in [6.07, 6.45) is 3.78. The molecule has 7 heteroatoms. The number of rotatable bonds is 4. The Morgan fingerprint density at radius 3 is 2.15 bits per heavy atom. The van der Waals surface area contributed by atoms with E-state index in [0.29, 0.717) is 5.52 Å². The lowest BCUT2D eigenvalue weighted by Crippen LogP contribution is -2.11. The number of fused-ring (bicyclic) bond motifs is 2. The van der Waals surface area contributed by atoms with E-state index in [9.17, 15) is 8.42 Å². The van der Waals surface area contributed by atoms with E-state index in [1.54, 1.807) is 41.8 Å². The first kappa shape index (κ1) is 20.0. The Kier molecular flexibility index (Phi) is 4.50. The third-order valence-electron chi connectivity index (χ3n) is 5.89. The fraction of sp³-hybridized carbons (Fsp3) is 0.0385. The Morgan fingerprint density at radius 1 is 0.758 bits per heavy atom. The Hall–Kier alpha value is -3.68. The van der Waals surface area contributed by atoms with E-state index in [2.05, 4.69) is 22.9 Å². The molecule has 33 heavy (non-hydrogen) atoms. The van der Waals surface area contributed by atoms with Crippen LogP contribution in [0.15, 0.2) is 102 Å². The summed E-state index contributed by atoms with van der Waals surface area (Å²) in [5.74, 6) is 0. The van der Waals surface area contributed by atoms with Crippen LogP contribution in [0.4, 0.5) is 0 Å². The average molecular weight is 470 g/mol. The predicted molar refractivity (Wildman–Crippen MR) is 134 cm³/mol. The van der Waals surface area contributed by atoms with Crippen LogP contribution in [-0.2, 0) is 17.1 Å². The molecule has 3 aromatic carbocycles. The molecule has 3 heterocycles. The summed E-state index contributed by atoms with van der Waals surface area (Å²) in [6.45, 7) is 0. The first-order valence-electron chi connectivity index (χ1n) is 10.4. The molecule has 6 aromatic rings. The average Bonchev–Trinajstić information content (AvgIpc) is 3.56. The highest BCUT2D eigenvalue weighted by Gasteiger charge is 2.23. The zero-order valence-electron chi connectivity index (χ0n) is 17.7. The van der Waals surface area contributed by atoms with Crippen LogP contribution in [0.2, 0.25) is 0 Å². The fourth-order valence-electron chi connectivity index (χ4n) is 4.29. The SMILES string of the molecule is Cn1cc(-c2nc(-c3cn(S(=O)(=O)c4ccccc4)c4ccccc34)cs2)c2ccccc21. The lowest BCUT2D eigenvalue weighted by atomic mass is 10.1. The molecule has 0 aliphatic heterocycles. The summed E-state index contributed by atoms with van der Waals surface area (Å²) < 4.78 is 30.3. The number of thiazole rings is 1. The second kappa shape index (κ2) is 7.43. The maximum atomic E-state index is 13.4. The van der Waals surface area contributed by atoms with Crippen molar-refractivity contribution in [3.63, 3.8) is 0 Å². The van der Waals surface area contributed by atoms with Crippen molar-refractivity contribution in [2.45, 2.75) is 4.90 Å². The van der Waals surface area contributed by atoms with Gasteiger partial charge in [0.15, 0.2) is 0 Å². The Morgan fingerprint density at radius 2 is 1.39 bits per heavy atom. The number of benzene rings is 3. The van der Waals surface area contributed by atoms with E-state index in [4.69, 9.17) is 4.98 Å². The maximum Gasteiger partial charge on any atom is 0.268 e. The highest BCUT2D eigenvalue weighted by atomic mass is 32.2. The molecule has 3 aromatic heterocycles. The van der Waals surface area contributed by atoms with E-state index in [0.717, 1.165) is 38.1 Å². The number of hydrogen-bond donors (Lipinski definition) is 0. The van der Waals surface area contributed by atoms with Crippen molar-refractivity contribution in [3.8, 4) is 21.8 Å². The van der Waals surface area contributed by atoms with Crippen molar-refractivity contribution in [1.29, 1.82) is 0 Å². The molecular formula is C26H19N3O2S2. The van der Waals surface area contributed by atoms with Gasteiger partial charge in [-0.1, -0.05) is 54.6 Å². The highest BCUT2D eigenvalue weighted by molar-refractivity contribution is 7.90. The van der Waals surface area contributed by atoms with Gasteiger partial charge < -0.3 is 4.57 Å². The first-order chi connectivity index (χ1) is 16.0. The molecule has 6 rings (SSSR count). The Balaban J connectivity index is 1.52. The summed E-state index contributed by atoms with van der Waals surface area (Å²) in [5.41, 5.74) is 4.42. The molecule has 0 bridgehead atoms. The number of aryl methyl sites for hydroxylation is 1. The van der Waals surface area contributed by atoms with Gasteiger partial charge in [-0.15, -0.1) is 11.3 Å². The van der Waals surface area contributed by atoms with Crippen LogP contribution < -0.4 is 0 Å². The normalized spacial score (nSPS) is 12.0. The van der Waals surface area contributed by atoms with Crippen LogP contribution in [0.3, 0.4) is 0 Å². The van der Waals surface area contributed by atoms with Gasteiger partial charge in [0.2, 0.25) is 0 Å². The quantitative estimate of drug-likeness (QED) is 0.311. The van der Waals surface area contributed by atoms with Gasteiger partial charge in [0.05, 0.1) is 16.1 Å². The minimum absolute atomic E-state index is 0.257. The van der Waals surface area contributed by atoms with Crippen LogP contribution in [0.25, 0.3) is 43.6 Å². The summed E-state index contributed by atoms with van der Waals surface area (Å²) in [6, 6.07) is 24.3. The van der Waals surface area contributed by atoms with Crippen molar-refractivity contribution < 1.29 is 8.42 Å². The van der Waals surface area contributed by atoms with Gasteiger partial charge >= 0.3 is 0 Å². The third-order valence-corrected chi connectivity index (χ3v) is 8.45. The van der Waals surface area contributed by atoms with Gasteiger partial charge in [-0.2, -0.15) is 0 Å². The number of hydrogen-bond acceptors (Lipinski definition) is 4. The van der Waals surface area contributed by atoms with Gasteiger partial charge in [0.1, 0.15) is 5.01 Å². The molecule has 162 valence electrons. The molecule has 0 aliphatic rings. The number of para-hydroxylation sites is 2. The molecule has 0 radical (unpaired) electrons. The second-order valence-electron chi connectivity index (χ2n) is 7.88. The predicted octanol–water partition coefficient (Wildman–Crippen LogP) is 6.16. The van der Waals surface area contributed by atoms with Crippen LogP contribution in [0, 0.1) is 0 Å². The lowest BCUT2D eigenvalue weighted by Gasteiger charge is -2.07. The number of nitrogens with zero attached hydrogens (tertiary/aromatic N) is 3. The molecule has 0 aliphatic carbocycles. The maximum absolute atomic E-state index is 13.4. The number of aromatic nitrogens is 3. The molecule has 0 unspecified atom stereocenters. The van der Waals surface area contributed by atoms with Crippen molar-refractivity contribution in [3.05, 3.63) is 96.6 Å². The smallest absolute Gasteiger partial charge is 0.268 e. The Labute approximate surface area is 195 Å². The largest absolute Gasteiger partial charge is 0.350 e. The van der Waals surface area contributed by atoms with Gasteiger partial charge in [-0.3, -0.25) is 0 Å². The zero-order valence-corrected chi connectivity index (χ0v) is 19.3. The van der Waals surface area contributed by atoms with E-state index in [1.165, 1.54) is 3.97 Å². The van der Waals surface area contributed by atoms with Crippen molar-refractivity contribution in [1.82, 2.24) is 13.5 Å². The zero-order chi connectivity index (χ0) is 22.6. The van der Waals surface area contributed by atoms with Crippen LogP contribution in [0.1, 0.15) is 0 Å². The molecule has 0 saturated heterocycles. The van der Waals surface area contributed by atoms with Crippen molar-refractivity contribution in [2.75, 3.05) is 0 Å². The Bertz CT molecular complexity index is 1740. The molecule has 0 saturated carbocycles. The van der Waals surface area contributed by atoms with Crippen molar-refractivity contribution in [2.24, 2.45) is 7.05 Å². The molecule has 0 N–H and O–H groups in total. The summed E-state index contributed by atoms with van der Waals surface area (Å²) >= 11 is 1.56. The van der Waals surface area contributed by atoms with Gasteiger partial charge in [0, 0.05) is 52.2 Å². The summed E-state index contributed by atoms with van der Waals surface area (Å²) in [4.78, 5) is 5.19. The second-order valence-corrected chi connectivity index (χ2v) is 10.6. The monoisotopic (exact) mass is 469 g/mol. The van der Waals surface area contributed by atoms with Crippen LogP contribution in [-0.4, -0.2) is 21.9 Å². The van der Waals surface area contributed by atoms with E-state index >= 15 is 0 Å². The highest BCUT2D eigenvalue weighted by Crippen LogP contribution is 2.38. The van der Waals surface area contributed by atoms with Crippen molar-refractivity contribution >= 4 is 43.2 Å². The van der Waals surface area contributed by atoms with Crippen LogP contribution in [0.5, 0.6) is 0 Å². The fourth-order valence-corrected chi connectivity index (χ4v) is 6.53. The molecule has 0 amide bonds. The van der Waals surface area contributed by atoms with Crippen LogP contribution >= 0.6 is 11.3 Å². The lowest BCUT2D eigenvalue weighted by molar-refractivity contribution is 0.589. The molecule has 0 atom stereocenters. The van der Waals surface area contributed by atoms with Gasteiger partial charge in [-0.25, -0.2) is 17.4 Å². The minimum atomic E-state index is -3.73. The molecule has 0 fully saturated rings. The van der Waals surface area contributed by atoms with E-state index in [1.807, 2.05) is 54.9 Å². The topological polar surface area (TPSA) is 56.9 Å². The standard InChI is InChI=1S/C26H19N3O2S2/c1-28-15-22(20-12-5-7-13-24(20)28)26-27-23(17-32-26)21-16-29(25-14-8-6-11-19(21)25)33(30,31)18-9-3-2-4-10-18/h2-17H,1H3. The molecule has 5 nitrogen and oxygen atoms in total.